The van der Waals surface area contributed by atoms with E-state index in [2.05, 4.69) is 10.1 Å². The Morgan fingerprint density at radius 1 is 1.47 bits per heavy atom. The molecule has 84 valence electrons. The molecule has 0 aromatic carbocycles. The molecule has 0 atom stereocenters. The van der Waals surface area contributed by atoms with Gasteiger partial charge in [-0.05, 0) is 25.9 Å². The fraction of sp³-hybridized carbons (Fsp3) is 0.700. The van der Waals surface area contributed by atoms with Crippen LogP contribution in [0.5, 0.6) is 0 Å². The van der Waals surface area contributed by atoms with Crippen molar-refractivity contribution < 1.29 is 13.3 Å². The van der Waals surface area contributed by atoms with Gasteiger partial charge in [0, 0.05) is 18.5 Å². The van der Waals surface area contributed by atoms with Gasteiger partial charge in [0.1, 0.15) is 6.26 Å². The normalized spacial score (nSPS) is 19.9. The largest absolute Gasteiger partial charge is 0.364 e. The Hall–Kier alpha value is -0.970. The van der Waals surface area contributed by atoms with Crippen molar-refractivity contribution in [3.8, 4) is 0 Å². The Morgan fingerprint density at radius 3 is 2.73 bits per heavy atom. The molecule has 2 rings (SSSR count). The van der Waals surface area contributed by atoms with Crippen LogP contribution in [0, 0.1) is 5.92 Å². The summed E-state index contributed by atoms with van der Waals surface area (Å²) in [5.74, 6) is -0.418. The number of halogens is 2. The number of piperidine rings is 1. The van der Waals surface area contributed by atoms with Crippen molar-refractivity contribution in [1.82, 2.24) is 10.1 Å². The van der Waals surface area contributed by atoms with Crippen molar-refractivity contribution in [3.05, 3.63) is 18.0 Å². The number of aromatic nitrogens is 1. The molecule has 1 saturated heterocycles. The average Bonchev–Trinajstić information content (AvgIpc) is 2.71. The van der Waals surface area contributed by atoms with E-state index < -0.39 is 12.3 Å². The minimum absolute atomic E-state index is 0.418. The van der Waals surface area contributed by atoms with E-state index in [1.165, 1.54) is 6.26 Å². The second-order valence-electron chi connectivity index (χ2n) is 3.94. The fourth-order valence-corrected chi connectivity index (χ4v) is 1.91. The highest BCUT2D eigenvalue weighted by molar-refractivity contribution is 4.95. The van der Waals surface area contributed by atoms with Gasteiger partial charge in [-0.2, -0.15) is 0 Å². The molecule has 1 aliphatic heterocycles. The Bertz CT molecular complexity index is 282. The van der Waals surface area contributed by atoms with E-state index in [4.69, 9.17) is 4.52 Å². The maximum Gasteiger partial charge on any atom is 0.241 e. The molecule has 0 spiro atoms. The summed E-state index contributed by atoms with van der Waals surface area (Å²) in [6.45, 7) is 2.15. The molecule has 3 nitrogen and oxygen atoms in total. The van der Waals surface area contributed by atoms with Crippen LogP contribution in [0.3, 0.4) is 0 Å². The van der Waals surface area contributed by atoms with Gasteiger partial charge in [-0.3, -0.25) is 4.90 Å². The van der Waals surface area contributed by atoms with Crippen molar-refractivity contribution >= 4 is 0 Å². The molecule has 0 N–H and O–H groups in total. The van der Waals surface area contributed by atoms with Gasteiger partial charge in [-0.15, -0.1) is 0 Å². The summed E-state index contributed by atoms with van der Waals surface area (Å²) in [7, 11) is 0. The van der Waals surface area contributed by atoms with E-state index in [1.807, 2.05) is 0 Å². The first-order valence-electron chi connectivity index (χ1n) is 5.15. The summed E-state index contributed by atoms with van der Waals surface area (Å²) in [6, 6.07) is 1.80. The van der Waals surface area contributed by atoms with Gasteiger partial charge < -0.3 is 4.52 Å². The predicted molar refractivity (Wildman–Crippen MR) is 50.5 cm³/mol. The number of alkyl halides is 2. The minimum atomic E-state index is -2.17. The molecule has 0 unspecified atom stereocenters. The highest BCUT2D eigenvalue weighted by Gasteiger charge is 2.26. The molecule has 5 heteroatoms. The zero-order valence-electron chi connectivity index (χ0n) is 8.40. The van der Waals surface area contributed by atoms with Gasteiger partial charge in [-0.25, -0.2) is 8.78 Å². The Labute approximate surface area is 87.0 Å². The van der Waals surface area contributed by atoms with Gasteiger partial charge in [0.15, 0.2) is 0 Å². The van der Waals surface area contributed by atoms with Crippen molar-refractivity contribution in [3.63, 3.8) is 0 Å². The third-order valence-corrected chi connectivity index (χ3v) is 2.87. The summed E-state index contributed by atoms with van der Waals surface area (Å²) in [5, 5.41) is 3.80. The van der Waals surface area contributed by atoms with Gasteiger partial charge in [-0.1, -0.05) is 5.16 Å². The van der Waals surface area contributed by atoms with Crippen LogP contribution in [-0.2, 0) is 6.54 Å². The molecular weight excluding hydrogens is 202 g/mol. The number of likely N-dealkylation sites (tertiary alicyclic amines) is 1. The van der Waals surface area contributed by atoms with Crippen molar-refractivity contribution in [2.24, 2.45) is 5.92 Å². The monoisotopic (exact) mass is 216 g/mol. The standard InChI is InChI=1S/C10H14F2N2O/c11-10(12)8-1-4-14(5-2-8)7-9-3-6-15-13-9/h3,6,8,10H,1-2,4-5,7H2. The zero-order valence-corrected chi connectivity index (χ0v) is 8.40. The van der Waals surface area contributed by atoms with E-state index in [-0.39, 0.29) is 0 Å². The van der Waals surface area contributed by atoms with E-state index >= 15 is 0 Å². The minimum Gasteiger partial charge on any atom is -0.364 e. The molecule has 0 radical (unpaired) electrons. The highest BCUT2D eigenvalue weighted by atomic mass is 19.3. The number of nitrogens with zero attached hydrogens (tertiary/aromatic N) is 2. The van der Waals surface area contributed by atoms with Gasteiger partial charge in [0.2, 0.25) is 6.43 Å². The van der Waals surface area contributed by atoms with Crippen LogP contribution >= 0.6 is 0 Å². The number of hydrogen-bond donors (Lipinski definition) is 0. The van der Waals surface area contributed by atoms with Gasteiger partial charge in [0.05, 0.1) is 5.69 Å². The van der Waals surface area contributed by atoms with Crippen molar-refractivity contribution in [2.45, 2.75) is 25.8 Å². The van der Waals surface area contributed by atoms with Crippen LogP contribution in [-0.4, -0.2) is 29.6 Å². The molecular formula is C10H14F2N2O. The Morgan fingerprint density at radius 2 is 2.20 bits per heavy atom. The summed E-state index contributed by atoms with van der Waals surface area (Å²) in [4.78, 5) is 2.14. The number of hydrogen-bond acceptors (Lipinski definition) is 3. The van der Waals surface area contributed by atoms with Crippen LogP contribution in [0.25, 0.3) is 0 Å². The molecule has 1 aromatic heterocycles. The Kier molecular flexibility index (Phi) is 3.30. The first-order valence-corrected chi connectivity index (χ1v) is 5.15. The lowest BCUT2D eigenvalue weighted by atomic mass is 9.97. The topological polar surface area (TPSA) is 29.3 Å². The highest BCUT2D eigenvalue weighted by Crippen LogP contribution is 2.24. The molecule has 1 aliphatic rings. The molecule has 1 fully saturated rings. The second-order valence-corrected chi connectivity index (χ2v) is 3.94. The molecule has 1 aromatic rings. The van der Waals surface area contributed by atoms with Gasteiger partial charge >= 0.3 is 0 Å². The molecule has 2 heterocycles. The van der Waals surface area contributed by atoms with Crippen LogP contribution in [0.2, 0.25) is 0 Å². The fourth-order valence-electron chi connectivity index (χ4n) is 1.91. The zero-order chi connectivity index (χ0) is 10.7. The van der Waals surface area contributed by atoms with Gasteiger partial charge in [0.25, 0.3) is 0 Å². The first kappa shape index (κ1) is 10.5. The lowest BCUT2D eigenvalue weighted by Crippen LogP contribution is -2.35. The summed E-state index contributed by atoms with van der Waals surface area (Å²) in [6.07, 6.45) is 0.519. The van der Waals surface area contributed by atoms with Crippen LogP contribution < -0.4 is 0 Å². The van der Waals surface area contributed by atoms with E-state index in [0.29, 0.717) is 19.4 Å². The quantitative estimate of drug-likeness (QED) is 0.775. The van der Waals surface area contributed by atoms with E-state index in [0.717, 1.165) is 18.8 Å². The van der Waals surface area contributed by atoms with E-state index in [9.17, 15) is 8.78 Å². The smallest absolute Gasteiger partial charge is 0.241 e. The van der Waals surface area contributed by atoms with Crippen molar-refractivity contribution in [2.75, 3.05) is 13.1 Å². The summed E-state index contributed by atoms with van der Waals surface area (Å²) >= 11 is 0. The maximum absolute atomic E-state index is 12.4. The van der Waals surface area contributed by atoms with Crippen molar-refractivity contribution in [1.29, 1.82) is 0 Å². The summed E-state index contributed by atoms with van der Waals surface area (Å²) < 4.78 is 29.5. The first-order chi connectivity index (χ1) is 7.25. The van der Waals surface area contributed by atoms with Crippen LogP contribution in [0.15, 0.2) is 16.9 Å². The molecule has 0 aliphatic carbocycles. The molecule has 15 heavy (non-hydrogen) atoms. The second kappa shape index (κ2) is 4.70. The lowest BCUT2D eigenvalue weighted by molar-refractivity contribution is 0.0331. The molecule has 0 amide bonds. The van der Waals surface area contributed by atoms with Crippen LogP contribution in [0.4, 0.5) is 8.78 Å². The maximum atomic E-state index is 12.4. The lowest BCUT2D eigenvalue weighted by Gasteiger charge is -2.30. The predicted octanol–water partition coefficient (Wildman–Crippen LogP) is 2.15. The third-order valence-electron chi connectivity index (χ3n) is 2.87. The average molecular weight is 216 g/mol. The van der Waals surface area contributed by atoms with Crippen LogP contribution in [0.1, 0.15) is 18.5 Å². The SMILES string of the molecule is FC(F)C1CCN(Cc2ccon2)CC1. The number of rotatable bonds is 3. The summed E-state index contributed by atoms with van der Waals surface area (Å²) in [5.41, 5.74) is 0.866. The molecule has 0 bridgehead atoms. The third kappa shape index (κ3) is 2.75. The molecule has 0 saturated carbocycles. The Balaban J connectivity index is 1.79. The van der Waals surface area contributed by atoms with E-state index in [1.54, 1.807) is 6.07 Å².